The van der Waals surface area contributed by atoms with E-state index in [0.29, 0.717) is 22.0 Å². The van der Waals surface area contributed by atoms with Crippen molar-refractivity contribution < 1.29 is 23.1 Å². The summed E-state index contributed by atoms with van der Waals surface area (Å²) >= 11 is 6.02. The van der Waals surface area contributed by atoms with E-state index in [9.17, 15) is 18.4 Å². The number of carbonyl (C=O) groups excluding carboxylic acids is 2. The maximum atomic E-state index is 13.8. The number of aryl methyl sites for hydroxylation is 1. The molecule has 0 bridgehead atoms. The van der Waals surface area contributed by atoms with Gasteiger partial charge in [-0.2, -0.15) is 0 Å². The van der Waals surface area contributed by atoms with Crippen molar-refractivity contribution >= 4 is 40.4 Å². The van der Waals surface area contributed by atoms with E-state index in [1.54, 1.807) is 49.4 Å². The van der Waals surface area contributed by atoms with Crippen LogP contribution in [0.2, 0.25) is 5.02 Å². The van der Waals surface area contributed by atoms with Gasteiger partial charge in [-0.1, -0.05) is 23.7 Å². The number of carbonyl (C=O) groups is 2. The van der Waals surface area contributed by atoms with Gasteiger partial charge in [-0.15, -0.1) is 0 Å². The topological polar surface area (TPSA) is 58.6 Å². The molecule has 4 rings (SSSR count). The zero-order chi connectivity index (χ0) is 23.0. The van der Waals surface area contributed by atoms with Crippen LogP contribution in [-0.2, 0) is 9.59 Å². The van der Waals surface area contributed by atoms with Crippen LogP contribution in [0.25, 0.3) is 5.57 Å². The van der Waals surface area contributed by atoms with Gasteiger partial charge in [0.1, 0.15) is 11.4 Å². The van der Waals surface area contributed by atoms with Gasteiger partial charge < -0.3 is 10.1 Å². The molecule has 1 aliphatic heterocycles. The van der Waals surface area contributed by atoms with Gasteiger partial charge in [0, 0.05) is 16.8 Å². The van der Waals surface area contributed by atoms with Crippen molar-refractivity contribution in [3.8, 4) is 5.75 Å². The van der Waals surface area contributed by atoms with E-state index >= 15 is 0 Å². The predicted octanol–water partition coefficient (Wildman–Crippen LogP) is 5.33. The quantitative estimate of drug-likeness (QED) is 0.529. The third-order valence-electron chi connectivity index (χ3n) is 5.07. The standard InChI is InChI=1S/C24H17ClF2N2O3/c1-13-11-15(25)5-10-20(13)28-22-21(14-3-7-17(32-2)8-4-14)23(30)29(24(22)31)16-6-9-18(26)19(27)12-16/h3-12,28H,1-2H3. The van der Waals surface area contributed by atoms with E-state index in [2.05, 4.69) is 5.32 Å². The Balaban J connectivity index is 1.83. The Kier molecular flexibility index (Phi) is 5.67. The summed E-state index contributed by atoms with van der Waals surface area (Å²) in [6.45, 7) is 1.80. The van der Waals surface area contributed by atoms with E-state index in [1.165, 1.54) is 13.2 Å². The van der Waals surface area contributed by atoms with Gasteiger partial charge in [0.05, 0.1) is 18.4 Å². The monoisotopic (exact) mass is 454 g/mol. The van der Waals surface area contributed by atoms with Gasteiger partial charge in [0.2, 0.25) is 0 Å². The Bertz CT molecular complexity index is 1270. The van der Waals surface area contributed by atoms with Gasteiger partial charge >= 0.3 is 0 Å². The number of imide groups is 1. The average Bonchev–Trinajstić information content (AvgIpc) is 3.01. The predicted molar refractivity (Wildman–Crippen MR) is 119 cm³/mol. The molecule has 3 aromatic rings. The highest BCUT2D eigenvalue weighted by molar-refractivity contribution is 6.46. The van der Waals surface area contributed by atoms with Gasteiger partial charge in [0.25, 0.3) is 11.8 Å². The summed E-state index contributed by atoms with van der Waals surface area (Å²) in [5.41, 5.74) is 1.82. The van der Waals surface area contributed by atoms with Crippen molar-refractivity contribution in [2.75, 3.05) is 17.3 Å². The summed E-state index contributed by atoms with van der Waals surface area (Å²) in [5, 5.41) is 3.55. The van der Waals surface area contributed by atoms with Crippen LogP contribution in [0.1, 0.15) is 11.1 Å². The number of amides is 2. The summed E-state index contributed by atoms with van der Waals surface area (Å²) in [5.74, 6) is -3.02. The Morgan fingerprint density at radius 3 is 2.25 bits per heavy atom. The minimum atomic E-state index is -1.16. The van der Waals surface area contributed by atoms with Crippen molar-refractivity contribution in [3.05, 3.63) is 94.1 Å². The van der Waals surface area contributed by atoms with Crippen molar-refractivity contribution in [2.45, 2.75) is 6.92 Å². The van der Waals surface area contributed by atoms with Gasteiger partial charge in [-0.3, -0.25) is 9.59 Å². The summed E-state index contributed by atoms with van der Waals surface area (Å²) in [4.78, 5) is 27.5. The molecular weight excluding hydrogens is 438 g/mol. The molecule has 2 amide bonds. The lowest BCUT2D eigenvalue weighted by Crippen LogP contribution is -2.32. The molecule has 0 atom stereocenters. The zero-order valence-corrected chi connectivity index (χ0v) is 17.8. The second-order valence-corrected chi connectivity index (χ2v) is 7.54. The first kappa shape index (κ1) is 21.5. The fourth-order valence-corrected chi connectivity index (χ4v) is 3.66. The van der Waals surface area contributed by atoms with Crippen LogP contribution < -0.4 is 15.0 Å². The lowest BCUT2D eigenvalue weighted by Gasteiger charge is -2.16. The number of benzene rings is 3. The summed E-state index contributed by atoms with van der Waals surface area (Å²) < 4.78 is 32.4. The van der Waals surface area contributed by atoms with E-state index < -0.39 is 23.4 Å². The minimum Gasteiger partial charge on any atom is -0.497 e. The van der Waals surface area contributed by atoms with Crippen molar-refractivity contribution in [1.82, 2.24) is 0 Å². The van der Waals surface area contributed by atoms with Crippen LogP contribution in [0.3, 0.4) is 0 Å². The molecule has 8 heteroatoms. The molecular formula is C24H17ClF2N2O3. The number of nitrogens with zero attached hydrogens (tertiary/aromatic N) is 1. The van der Waals surface area contributed by atoms with Gasteiger partial charge in [-0.05, 0) is 60.5 Å². The number of anilines is 2. The molecule has 32 heavy (non-hydrogen) atoms. The van der Waals surface area contributed by atoms with Crippen LogP contribution in [0.15, 0.2) is 66.4 Å². The second-order valence-electron chi connectivity index (χ2n) is 7.11. The molecule has 1 heterocycles. The SMILES string of the molecule is COc1ccc(C2=C(Nc3ccc(Cl)cc3C)C(=O)N(c3ccc(F)c(F)c3)C2=O)cc1. The van der Waals surface area contributed by atoms with Crippen LogP contribution in [0, 0.1) is 18.6 Å². The maximum Gasteiger partial charge on any atom is 0.282 e. The molecule has 162 valence electrons. The second kappa shape index (κ2) is 8.43. The highest BCUT2D eigenvalue weighted by Crippen LogP contribution is 2.35. The van der Waals surface area contributed by atoms with Gasteiger partial charge in [-0.25, -0.2) is 13.7 Å². The third kappa shape index (κ3) is 3.83. The molecule has 0 aliphatic carbocycles. The molecule has 0 spiro atoms. The van der Waals surface area contributed by atoms with Crippen LogP contribution in [0.5, 0.6) is 5.75 Å². The van der Waals surface area contributed by atoms with Crippen LogP contribution >= 0.6 is 11.6 Å². The lowest BCUT2D eigenvalue weighted by molar-refractivity contribution is -0.120. The Morgan fingerprint density at radius 1 is 0.906 bits per heavy atom. The number of ether oxygens (including phenoxy) is 1. The number of halogens is 3. The Hall–Kier alpha value is -3.71. The van der Waals surface area contributed by atoms with E-state index in [0.717, 1.165) is 22.6 Å². The fraction of sp³-hybridized carbons (Fsp3) is 0.0833. The molecule has 0 saturated heterocycles. The molecule has 0 aromatic heterocycles. The number of hydrogen-bond acceptors (Lipinski definition) is 4. The van der Waals surface area contributed by atoms with Crippen molar-refractivity contribution in [1.29, 1.82) is 0 Å². The minimum absolute atomic E-state index is 0.00956. The molecule has 1 aliphatic rings. The van der Waals surface area contributed by atoms with E-state index in [4.69, 9.17) is 16.3 Å². The molecule has 1 N–H and O–H groups in total. The highest BCUT2D eigenvalue weighted by Gasteiger charge is 2.40. The number of hydrogen-bond donors (Lipinski definition) is 1. The number of rotatable bonds is 5. The smallest absolute Gasteiger partial charge is 0.282 e. The average molecular weight is 455 g/mol. The first-order valence-electron chi connectivity index (χ1n) is 9.56. The largest absolute Gasteiger partial charge is 0.497 e. The van der Waals surface area contributed by atoms with E-state index in [-0.39, 0.29) is 17.0 Å². The molecule has 0 unspecified atom stereocenters. The molecule has 5 nitrogen and oxygen atoms in total. The van der Waals surface area contributed by atoms with Crippen molar-refractivity contribution in [2.24, 2.45) is 0 Å². The molecule has 0 saturated carbocycles. The number of nitrogens with one attached hydrogen (secondary N) is 1. The maximum absolute atomic E-state index is 13.8. The summed E-state index contributed by atoms with van der Waals surface area (Å²) in [7, 11) is 1.51. The normalized spacial score (nSPS) is 13.7. The van der Waals surface area contributed by atoms with Crippen molar-refractivity contribution in [3.63, 3.8) is 0 Å². The Morgan fingerprint density at radius 2 is 1.62 bits per heavy atom. The first-order valence-corrected chi connectivity index (χ1v) is 9.93. The van der Waals surface area contributed by atoms with Crippen LogP contribution in [0.4, 0.5) is 20.2 Å². The van der Waals surface area contributed by atoms with Crippen LogP contribution in [-0.4, -0.2) is 18.9 Å². The zero-order valence-electron chi connectivity index (χ0n) is 17.1. The fourth-order valence-electron chi connectivity index (χ4n) is 3.43. The van der Waals surface area contributed by atoms with E-state index in [1.807, 2.05) is 0 Å². The van der Waals surface area contributed by atoms with Gasteiger partial charge in [0.15, 0.2) is 11.6 Å². The summed E-state index contributed by atoms with van der Waals surface area (Å²) in [6, 6.07) is 14.5. The highest BCUT2D eigenvalue weighted by atomic mass is 35.5. The molecule has 3 aromatic carbocycles. The summed E-state index contributed by atoms with van der Waals surface area (Å²) in [6.07, 6.45) is 0. The molecule has 0 fully saturated rings. The lowest BCUT2D eigenvalue weighted by atomic mass is 10.0. The molecule has 0 radical (unpaired) electrons. The number of methoxy groups -OCH3 is 1. The third-order valence-corrected chi connectivity index (χ3v) is 5.31. The first-order chi connectivity index (χ1) is 15.3. The Labute approximate surface area is 187 Å².